The summed E-state index contributed by atoms with van der Waals surface area (Å²) in [7, 11) is 9.75. The molecule has 142 valence electrons. The molecule has 0 aliphatic heterocycles. The molecule has 0 atom stereocenters. The quantitative estimate of drug-likeness (QED) is 0.680. The molecule has 6 heteroatoms. The smallest absolute Gasteiger partial charge is 0.129 e. The molecule has 2 aromatic rings. The van der Waals surface area contributed by atoms with Crippen LogP contribution in [0, 0.1) is 0 Å². The van der Waals surface area contributed by atoms with Crippen LogP contribution in [0.1, 0.15) is 11.1 Å². The topological polar surface area (TPSA) is 55.4 Å². The van der Waals surface area contributed by atoms with Crippen LogP contribution in [0.3, 0.4) is 0 Å². The van der Waals surface area contributed by atoms with Gasteiger partial charge in [-0.1, -0.05) is 0 Å². The van der Waals surface area contributed by atoms with E-state index < -0.39 is 0 Å². The Kier molecular flexibility index (Phi) is 6.83. The second kappa shape index (κ2) is 9.08. The second-order valence-electron chi connectivity index (χ2n) is 5.52. The zero-order chi connectivity index (χ0) is 19.1. The van der Waals surface area contributed by atoms with Crippen molar-refractivity contribution in [2.45, 2.75) is 12.8 Å². The standard InChI is InChI=1S/C20H26O6/c1-21-13-9-17(23-3)15(18(10-13)24-4)7-8-16-19(25-5)11-14(22-2)12-20(16)26-6/h9-12H,7-8H2,1-6H3. The lowest BCUT2D eigenvalue weighted by molar-refractivity contribution is 0.363. The highest BCUT2D eigenvalue weighted by Gasteiger charge is 2.17. The van der Waals surface area contributed by atoms with Crippen molar-refractivity contribution in [3.63, 3.8) is 0 Å². The van der Waals surface area contributed by atoms with Crippen LogP contribution in [0.4, 0.5) is 0 Å². The molecule has 6 nitrogen and oxygen atoms in total. The lowest BCUT2D eigenvalue weighted by atomic mass is 10.0. The first-order valence-corrected chi connectivity index (χ1v) is 8.19. The summed E-state index contributed by atoms with van der Waals surface area (Å²) in [6.07, 6.45) is 1.35. The normalized spacial score (nSPS) is 10.2. The zero-order valence-electron chi connectivity index (χ0n) is 16.2. The van der Waals surface area contributed by atoms with Crippen molar-refractivity contribution in [2.75, 3.05) is 42.7 Å². The molecule has 0 aromatic heterocycles. The molecule has 0 spiro atoms. The van der Waals surface area contributed by atoms with Crippen LogP contribution in [0.5, 0.6) is 34.5 Å². The average molecular weight is 362 g/mol. The summed E-state index contributed by atoms with van der Waals surface area (Å²) in [5.74, 6) is 4.23. The minimum Gasteiger partial charge on any atom is -0.496 e. The molecule has 2 rings (SSSR count). The highest BCUT2D eigenvalue weighted by Crippen LogP contribution is 2.38. The molecule has 0 bridgehead atoms. The van der Waals surface area contributed by atoms with Crippen LogP contribution < -0.4 is 28.4 Å². The van der Waals surface area contributed by atoms with Crippen LogP contribution in [0.25, 0.3) is 0 Å². The Morgan fingerprint density at radius 1 is 0.462 bits per heavy atom. The van der Waals surface area contributed by atoms with Gasteiger partial charge in [0.25, 0.3) is 0 Å². The molecule has 0 radical (unpaired) electrons. The van der Waals surface area contributed by atoms with Crippen molar-refractivity contribution < 1.29 is 28.4 Å². The van der Waals surface area contributed by atoms with E-state index in [1.807, 2.05) is 24.3 Å². The largest absolute Gasteiger partial charge is 0.496 e. The molecule has 0 aliphatic rings. The average Bonchev–Trinajstić information content (AvgIpc) is 2.70. The Balaban J connectivity index is 2.40. The fourth-order valence-electron chi connectivity index (χ4n) is 2.90. The van der Waals surface area contributed by atoms with Gasteiger partial charge in [0.05, 0.1) is 42.7 Å². The molecule has 0 saturated carbocycles. The molecule has 26 heavy (non-hydrogen) atoms. The predicted molar refractivity (Wildman–Crippen MR) is 99.6 cm³/mol. The van der Waals surface area contributed by atoms with E-state index in [-0.39, 0.29) is 0 Å². The highest BCUT2D eigenvalue weighted by molar-refractivity contribution is 5.54. The van der Waals surface area contributed by atoms with Crippen molar-refractivity contribution in [2.24, 2.45) is 0 Å². The number of hydrogen-bond acceptors (Lipinski definition) is 6. The Morgan fingerprint density at radius 3 is 0.923 bits per heavy atom. The summed E-state index contributed by atoms with van der Waals surface area (Å²) >= 11 is 0. The first-order valence-electron chi connectivity index (χ1n) is 8.19. The summed E-state index contributed by atoms with van der Waals surface area (Å²) in [5.41, 5.74) is 1.91. The van der Waals surface area contributed by atoms with Crippen molar-refractivity contribution in [1.82, 2.24) is 0 Å². The number of methoxy groups -OCH3 is 6. The van der Waals surface area contributed by atoms with E-state index in [0.717, 1.165) is 11.1 Å². The molecular weight excluding hydrogens is 336 g/mol. The van der Waals surface area contributed by atoms with Crippen LogP contribution in [0.2, 0.25) is 0 Å². The third kappa shape index (κ3) is 4.07. The third-order valence-electron chi connectivity index (χ3n) is 4.26. The van der Waals surface area contributed by atoms with E-state index in [9.17, 15) is 0 Å². The summed E-state index contributed by atoms with van der Waals surface area (Å²) in [4.78, 5) is 0. The maximum atomic E-state index is 5.53. The molecule has 0 amide bonds. The molecule has 0 aliphatic carbocycles. The molecular formula is C20H26O6. The maximum Gasteiger partial charge on any atom is 0.129 e. The first kappa shape index (κ1) is 19.6. The van der Waals surface area contributed by atoms with Crippen LogP contribution in [-0.2, 0) is 12.8 Å². The molecule has 0 fully saturated rings. The van der Waals surface area contributed by atoms with Crippen LogP contribution in [-0.4, -0.2) is 42.7 Å². The first-order chi connectivity index (χ1) is 12.6. The molecule has 2 aromatic carbocycles. The van der Waals surface area contributed by atoms with Gasteiger partial charge in [-0.3, -0.25) is 0 Å². The number of hydrogen-bond donors (Lipinski definition) is 0. The summed E-state index contributed by atoms with van der Waals surface area (Å²) in [6, 6.07) is 7.39. The van der Waals surface area contributed by atoms with Crippen molar-refractivity contribution in [3.8, 4) is 34.5 Å². The van der Waals surface area contributed by atoms with Gasteiger partial charge in [0.1, 0.15) is 34.5 Å². The van der Waals surface area contributed by atoms with Gasteiger partial charge in [-0.25, -0.2) is 0 Å². The predicted octanol–water partition coefficient (Wildman–Crippen LogP) is 3.52. The van der Waals surface area contributed by atoms with Gasteiger partial charge < -0.3 is 28.4 Å². The van der Waals surface area contributed by atoms with E-state index in [4.69, 9.17) is 28.4 Å². The van der Waals surface area contributed by atoms with E-state index in [0.29, 0.717) is 47.3 Å². The monoisotopic (exact) mass is 362 g/mol. The van der Waals surface area contributed by atoms with Gasteiger partial charge in [-0.05, 0) is 12.8 Å². The number of rotatable bonds is 9. The van der Waals surface area contributed by atoms with Crippen molar-refractivity contribution in [3.05, 3.63) is 35.4 Å². The van der Waals surface area contributed by atoms with Crippen molar-refractivity contribution >= 4 is 0 Å². The fourth-order valence-corrected chi connectivity index (χ4v) is 2.90. The van der Waals surface area contributed by atoms with E-state index in [1.54, 1.807) is 42.7 Å². The Labute approximate surface area is 154 Å². The van der Waals surface area contributed by atoms with E-state index in [1.165, 1.54) is 0 Å². The summed E-state index contributed by atoms with van der Waals surface area (Å²) < 4.78 is 32.7. The highest BCUT2D eigenvalue weighted by atomic mass is 16.5. The van der Waals surface area contributed by atoms with E-state index in [2.05, 4.69) is 0 Å². The Hall–Kier alpha value is -2.76. The fraction of sp³-hybridized carbons (Fsp3) is 0.400. The molecule has 0 N–H and O–H groups in total. The van der Waals surface area contributed by atoms with Crippen LogP contribution >= 0.6 is 0 Å². The summed E-state index contributed by atoms with van der Waals surface area (Å²) in [6.45, 7) is 0. The molecule has 0 unspecified atom stereocenters. The SMILES string of the molecule is COc1cc(OC)c(CCc2c(OC)cc(OC)cc2OC)c(OC)c1. The second-order valence-corrected chi connectivity index (χ2v) is 5.52. The minimum atomic E-state index is 0.676. The van der Waals surface area contributed by atoms with Crippen molar-refractivity contribution in [1.29, 1.82) is 0 Å². The zero-order valence-corrected chi connectivity index (χ0v) is 16.2. The third-order valence-corrected chi connectivity index (χ3v) is 4.26. The molecule has 0 heterocycles. The van der Waals surface area contributed by atoms with Gasteiger partial charge in [0.15, 0.2) is 0 Å². The van der Waals surface area contributed by atoms with Gasteiger partial charge in [0.2, 0.25) is 0 Å². The molecule has 0 saturated heterocycles. The number of ether oxygens (including phenoxy) is 6. The summed E-state index contributed by atoms with van der Waals surface area (Å²) in [5, 5.41) is 0. The maximum absolute atomic E-state index is 5.53. The minimum absolute atomic E-state index is 0.676. The van der Waals surface area contributed by atoms with Crippen LogP contribution in [0.15, 0.2) is 24.3 Å². The Morgan fingerprint density at radius 2 is 0.731 bits per heavy atom. The number of benzene rings is 2. The van der Waals surface area contributed by atoms with Gasteiger partial charge in [0, 0.05) is 35.4 Å². The lowest BCUT2D eigenvalue weighted by Crippen LogP contribution is -2.03. The lowest BCUT2D eigenvalue weighted by Gasteiger charge is -2.18. The van der Waals surface area contributed by atoms with Gasteiger partial charge in [-0.2, -0.15) is 0 Å². The Bertz CT molecular complexity index is 628. The van der Waals surface area contributed by atoms with E-state index >= 15 is 0 Å². The van der Waals surface area contributed by atoms with Gasteiger partial charge in [-0.15, -0.1) is 0 Å². The van der Waals surface area contributed by atoms with Gasteiger partial charge >= 0.3 is 0 Å².